The topological polar surface area (TPSA) is 93.6 Å². The molecule has 3 aromatic rings. The molecule has 2 N–H and O–H groups in total. The maximum atomic E-state index is 12.9. The van der Waals surface area contributed by atoms with E-state index in [1.807, 2.05) is 31.2 Å². The van der Waals surface area contributed by atoms with E-state index in [1.54, 1.807) is 30.3 Å². The van der Waals surface area contributed by atoms with Crippen LogP contribution < -0.4 is 10.0 Å². The first-order valence-electron chi connectivity index (χ1n) is 8.80. The number of furan rings is 1. The molecule has 2 aromatic carbocycles. The van der Waals surface area contributed by atoms with Crippen LogP contribution in [0.4, 0.5) is 5.69 Å². The molecule has 1 fully saturated rings. The molecule has 1 aromatic heterocycles. The summed E-state index contributed by atoms with van der Waals surface area (Å²) in [4.78, 5) is 14.8. The van der Waals surface area contributed by atoms with Crippen LogP contribution in [-0.4, -0.2) is 18.6 Å². The van der Waals surface area contributed by atoms with Crippen molar-refractivity contribution in [2.24, 2.45) is 5.14 Å². The van der Waals surface area contributed by atoms with Gasteiger partial charge in [-0.1, -0.05) is 41.7 Å². The van der Waals surface area contributed by atoms with Gasteiger partial charge >= 0.3 is 0 Å². The maximum Gasteiger partial charge on any atom is 0.270 e. The van der Waals surface area contributed by atoms with Gasteiger partial charge in [-0.05, 0) is 55.5 Å². The van der Waals surface area contributed by atoms with Crippen LogP contribution in [0.2, 0.25) is 0 Å². The first-order valence-corrected chi connectivity index (χ1v) is 11.6. The van der Waals surface area contributed by atoms with E-state index in [2.05, 4.69) is 0 Å². The molecular weight excluding hydrogens is 440 g/mol. The molecule has 30 heavy (non-hydrogen) atoms. The molecule has 0 aliphatic carbocycles. The second kappa shape index (κ2) is 7.84. The van der Waals surface area contributed by atoms with Crippen molar-refractivity contribution in [1.29, 1.82) is 0 Å². The Kier molecular flexibility index (Phi) is 5.37. The Hall–Kier alpha value is -2.72. The monoisotopic (exact) mass is 456 g/mol. The summed E-state index contributed by atoms with van der Waals surface area (Å²) in [5.74, 6) is 0.825. The Morgan fingerprint density at radius 1 is 1.03 bits per heavy atom. The predicted molar refractivity (Wildman–Crippen MR) is 122 cm³/mol. The Labute approximate surface area is 183 Å². The van der Waals surface area contributed by atoms with Gasteiger partial charge in [-0.3, -0.25) is 9.69 Å². The van der Waals surface area contributed by atoms with Crippen molar-refractivity contribution in [2.75, 3.05) is 4.90 Å². The Morgan fingerprint density at radius 2 is 1.70 bits per heavy atom. The van der Waals surface area contributed by atoms with Crippen molar-refractivity contribution in [2.45, 2.75) is 11.8 Å². The minimum Gasteiger partial charge on any atom is -0.457 e. The van der Waals surface area contributed by atoms with E-state index < -0.39 is 10.0 Å². The number of carbonyl (C=O) groups excluding carboxylic acids is 1. The summed E-state index contributed by atoms with van der Waals surface area (Å²) >= 11 is 6.60. The quantitative estimate of drug-likeness (QED) is 0.465. The molecule has 0 bridgehead atoms. The van der Waals surface area contributed by atoms with Gasteiger partial charge < -0.3 is 4.42 Å². The molecule has 2 heterocycles. The summed E-state index contributed by atoms with van der Waals surface area (Å²) in [6.07, 6.45) is 1.65. The highest BCUT2D eigenvalue weighted by molar-refractivity contribution is 8.27. The first-order chi connectivity index (χ1) is 14.2. The molecule has 1 aliphatic heterocycles. The number of nitrogens with zero attached hydrogens (tertiary/aromatic N) is 1. The van der Waals surface area contributed by atoms with E-state index in [0.717, 1.165) is 11.3 Å². The van der Waals surface area contributed by atoms with Crippen molar-refractivity contribution < 1.29 is 17.6 Å². The molecule has 0 radical (unpaired) electrons. The molecule has 1 amide bonds. The molecule has 0 unspecified atom stereocenters. The molecule has 0 saturated carbocycles. The van der Waals surface area contributed by atoms with Crippen LogP contribution in [0.3, 0.4) is 0 Å². The van der Waals surface area contributed by atoms with Crippen LogP contribution in [0.25, 0.3) is 17.4 Å². The number of anilines is 1. The third-order valence-corrected chi connectivity index (χ3v) is 6.68. The van der Waals surface area contributed by atoms with Gasteiger partial charge in [-0.15, -0.1) is 0 Å². The van der Waals surface area contributed by atoms with Gasteiger partial charge in [0.15, 0.2) is 4.32 Å². The largest absolute Gasteiger partial charge is 0.457 e. The molecular formula is C21H16N2O4S3. The number of hydrogen-bond donors (Lipinski definition) is 1. The van der Waals surface area contributed by atoms with Gasteiger partial charge in [-0.2, -0.15) is 0 Å². The summed E-state index contributed by atoms with van der Waals surface area (Å²) in [7, 11) is -3.75. The van der Waals surface area contributed by atoms with Crippen molar-refractivity contribution >= 4 is 56.0 Å². The number of rotatable bonds is 4. The van der Waals surface area contributed by atoms with Gasteiger partial charge in [0.05, 0.1) is 15.5 Å². The lowest BCUT2D eigenvalue weighted by Gasteiger charge is -2.14. The molecule has 4 rings (SSSR count). The fourth-order valence-electron chi connectivity index (χ4n) is 2.91. The third-order valence-electron chi connectivity index (χ3n) is 4.45. The number of sulfonamides is 1. The maximum absolute atomic E-state index is 12.9. The Bertz CT molecular complexity index is 1270. The number of aryl methyl sites for hydroxylation is 1. The smallest absolute Gasteiger partial charge is 0.270 e. The lowest BCUT2D eigenvalue weighted by molar-refractivity contribution is -0.113. The van der Waals surface area contributed by atoms with Crippen LogP contribution in [0.15, 0.2) is 74.9 Å². The number of primary sulfonamides is 1. The van der Waals surface area contributed by atoms with E-state index in [0.29, 0.717) is 26.3 Å². The second-order valence-corrected chi connectivity index (χ2v) is 9.86. The van der Waals surface area contributed by atoms with Gasteiger partial charge in [-0.25, -0.2) is 13.6 Å². The fraction of sp³-hybridized carbons (Fsp3) is 0.0476. The predicted octanol–water partition coefficient (Wildman–Crippen LogP) is 4.31. The van der Waals surface area contributed by atoms with Crippen molar-refractivity contribution in [3.05, 3.63) is 76.9 Å². The third kappa shape index (κ3) is 4.10. The van der Waals surface area contributed by atoms with Crippen LogP contribution in [-0.2, 0) is 14.8 Å². The fourth-order valence-corrected chi connectivity index (χ4v) is 4.70. The second-order valence-electron chi connectivity index (χ2n) is 6.62. The standard InChI is InChI=1S/C21H16N2O4S3/c1-13-2-6-15(7-3-13)23-20(24)19(29-21(23)28)12-16-8-11-18(27-16)14-4-9-17(10-5-14)30(22,25)26/h2-12H,1H3,(H2,22,25,26)/b19-12+. The van der Waals surface area contributed by atoms with Gasteiger partial charge in [0.25, 0.3) is 5.91 Å². The molecule has 0 spiro atoms. The van der Waals surface area contributed by atoms with Crippen molar-refractivity contribution in [3.8, 4) is 11.3 Å². The first kappa shape index (κ1) is 20.5. The zero-order chi connectivity index (χ0) is 21.5. The highest BCUT2D eigenvalue weighted by Gasteiger charge is 2.33. The van der Waals surface area contributed by atoms with Crippen molar-refractivity contribution in [3.63, 3.8) is 0 Å². The van der Waals surface area contributed by atoms with Crippen molar-refractivity contribution in [1.82, 2.24) is 0 Å². The van der Waals surface area contributed by atoms with E-state index in [-0.39, 0.29) is 10.8 Å². The average Bonchev–Trinajstić information content (AvgIpc) is 3.27. The van der Waals surface area contributed by atoms with Crippen LogP contribution in [0.1, 0.15) is 11.3 Å². The number of benzene rings is 2. The zero-order valence-corrected chi connectivity index (χ0v) is 18.2. The molecule has 6 nitrogen and oxygen atoms in total. The molecule has 1 aliphatic rings. The molecule has 152 valence electrons. The van der Waals surface area contributed by atoms with E-state index in [4.69, 9.17) is 21.8 Å². The molecule has 1 saturated heterocycles. The summed E-state index contributed by atoms with van der Waals surface area (Å²) in [5, 5.41) is 5.12. The average molecular weight is 457 g/mol. The number of hydrogen-bond acceptors (Lipinski definition) is 6. The summed E-state index contributed by atoms with van der Waals surface area (Å²) < 4.78 is 29.0. The highest BCUT2D eigenvalue weighted by atomic mass is 32.2. The number of thioether (sulfide) groups is 1. The van der Waals surface area contributed by atoms with Crippen LogP contribution >= 0.6 is 24.0 Å². The van der Waals surface area contributed by atoms with E-state index in [9.17, 15) is 13.2 Å². The SMILES string of the molecule is Cc1ccc(N2C(=O)/C(=C\c3ccc(-c4ccc(S(N)(=O)=O)cc4)o3)SC2=S)cc1. The number of carbonyl (C=O) groups is 1. The Balaban J connectivity index is 1.57. The number of nitrogens with two attached hydrogens (primary N) is 1. The lowest BCUT2D eigenvalue weighted by atomic mass is 10.2. The highest BCUT2D eigenvalue weighted by Crippen LogP contribution is 2.36. The zero-order valence-electron chi connectivity index (χ0n) is 15.7. The lowest BCUT2D eigenvalue weighted by Crippen LogP contribution is -2.27. The number of amides is 1. The summed E-state index contributed by atoms with van der Waals surface area (Å²) in [6.45, 7) is 1.98. The minimum absolute atomic E-state index is 0.0257. The van der Waals surface area contributed by atoms with E-state index in [1.165, 1.54) is 28.8 Å². The summed E-state index contributed by atoms with van der Waals surface area (Å²) in [5.41, 5.74) is 2.51. The van der Waals surface area contributed by atoms with Gasteiger partial charge in [0.2, 0.25) is 10.0 Å². The van der Waals surface area contributed by atoms with Crippen LogP contribution in [0, 0.1) is 6.92 Å². The minimum atomic E-state index is -3.75. The normalized spacial score (nSPS) is 15.9. The number of thiocarbonyl (C=S) groups is 1. The summed E-state index contributed by atoms with van der Waals surface area (Å²) in [6, 6.07) is 17.1. The van der Waals surface area contributed by atoms with Crippen LogP contribution in [0.5, 0.6) is 0 Å². The van der Waals surface area contributed by atoms with E-state index >= 15 is 0 Å². The molecule has 0 atom stereocenters. The van der Waals surface area contributed by atoms with Gasteiger partial charge in [0.1, 0.15) is 11.5 Å². The molecule has 9 heteroatoms. The van der Waals surface area contributed by atoms with Gasteiger partial charge in [0, 0.05) is 11.6 Å². The Morgan fingerprint density at radius 3 is 2.33 bits per heavy atom.